The lowest BCUT2D eigenvalue weighted by Gasteiger charge is -2.08. The first-order chi connectivity index (χ1) is 9.90. The molecule has 0 unspecified atom stereocenters. The highest BCUT2D eigenvalue weighted by atomic mass is 79.9. The summed E-state index contributed by atoms with van der Waals surface area (Å²) in [5.41, 5.74) is 0.975. The molecule has 0 aliphatic carbocycles. The summed E-state index contributed by atoms with van der Waals surface area (Å²) in [7, 11) is -3.57. The van der Waals surface area contributed by atoms with E-state index in [9.17, 15) is 8.42 Å². The molecule has 0 aliphatic heterocycles. The molecule has 0 amide bonds. The van der Waals surface area contributed by atoms with Gasteiger partial charge in [-0.3, -0.25) is 5.10 Å². The van der Waals surface area contributed by atoms with Gasteiger partial charge in [-0.1, -0.05) is 15.9 Å². The number of nitrogens with zero attached hydrogens (tertiary/aromatic N) is 1. The largest absolute Gasteiger partial charge is 0.492 e. The monoisotopic (exact) mass is 373 g/mol. The van der Waals surface area contributed by atoms with E-state index in [2.05, 4.69) is 30.8 Å². The Kier molecular flexibility index (Phi) is 5.02. The Morgan fingerprint density at radius 1 is 1.29 bits per heavy atom. The summed E-state index contributed by atoms with van der Waals surface area (Å²) < 4.78 is 33.2. The molecule has 0 saturated heterocycles. The first-order valence-electron chi connectivity index (χ1n) is 6.30. The number of rotatable bonds is 6. The highest BCUT2D eigenvalue weighted by Crippen LogP contribution is 2.17. The summed E-state index contributed by atoms with van der Waals surface area (Å²) in [6, 6.07) is 7.33. The maximum atomic E-state index is 12.2. The number of aromatic nitrogens is 2. The van der Waals surface area contributed by atoms with Gasteiger partial charge in [0.25, 0.3) is 0 Å². The minimum absolute atomic E-state index is 0.183. The molecule has 21 heavy (non-hydrogen) atoms. The van der Waals surface area contributed by atoms with Crippen LogP contribution in [0.25, 0.3) is 0 Å². The number of aryl methyl sites for hydroxylation is 2. The van der Waals surface area contributed by atoms with E-state index in [4.69, 9.17) is 4.74 Å². The number of halogens is 1. The van der Waals surface area contributed by atoms with Gasteiger partial charge >= 0.3 is 0 Å². The summed E-state index contributed by atoms with van der Waals surface area (Å²) in [4.78, 5) is 0.200. The van der Waals surface area contributed by atoms with Crippen molar-refractivity contribution in [1.29, 1.82) is 0 Å². The van der Waals surface area contributed by atoms with Crippen molar-refractivity contribution in [3.8, 4) is 5.75 Å². The number of hydrogen-bond acceptors (Lipinski definition) is 4. The van der Waals surface area contributed by atoms with Crippen LogP contribution in [-0.2, 0) is 10.0 Å². The molecule has 0 bridgehead atoms. The van der Waals surface area contributed by atoms with Crippen molar-refractivity contribution in [3.05, 3.63) is 40.1 Å². The third-order valence-electron chi connectivity index (χ3n) is 2.81. The van der Waals surface area contributed by atoms with Gasteiger partial charge in [0, 0.05) is 11.0 Å². The number of aromatic amines is 1. The molecule has 0 aliphatic rings. The number of ether oxygens (including phenoxy) is 1. The first kappa shape index (κ1) is 16.0. The number of hydrogen-bond donors (Lipinski definition) is 2. The summed E-state index contributed by atoms with van der Waals surface area (Å²) in [5.74, 6) is 0.688. The van der Waals surface area contributed by atoms with Gasteiger partial charge in [-0.15, -0.1) is 0 Å². The molecular weight excluding hydrogens is 358 g/mol. The van der Waals surface area contributed by atoms with Crippen molar-refractivity contribution < 1.29 is 13.2 Å². The van der Waals surface area contributed by atoms with Crippen LogP contribution in [0.1, 0.15) is 11.4 Å². The SMILES string of the molecule is Cc1n[nH]c(C)c1S(=O)(=O)NCCOc1ccc(Br)cc1. The molecule has 1 aromatic heterocycles. The Morgan fingerprint density at radius 3 is 2.52 bits per heavy atom. The third kappa shape index (κ3) is 4.05. The van der Waals surface area contributed by atoms with Crippen LogP contribution in [0.5, 0.6) is 5.75 Å². The normalized spacial score (nSPS) is 11.6. The fourth-order valence-electron chi connectivity index (χ4n) is 1.88. The molecule has 1 aromatic carbocycles. The first-order valence-corrected chi connectivity index (χ1v) is 8.57. The Hall–Kier alpha value is -1.38. The van der Waals surface area contributed by atoms with E-state index < -0.39 is 10.0 Å². The van der Waals surface area contributed by atoms with Crippen molar-refractivity contribution in [2.75, 3.05) is 13.2 Å². The highest BCUT2D eigenvalue weighted by molar-refractivity contribution is 9.10. The minimum Gasteiger partial charge on any atom is -0.492 e. The van der Waals surface area contributed by atoms with E-state index in [1.807, 2.05) is 24.3 Å². The zero-order valence-electron chi connectivity index (χ0n) is 11.7. The van der Waals surface area contributed by atoms with Crippen LogP contribution in [0.2, 0.25) is 0 Å². The molecule has 2 rings (SSSR count). The number of nitrogens with one attached hydrogen (secondary N) is 2. The van der Waals surface area contributed by atoms with Crippen molar-refractivity contribution in [1.82, 2.24) is 14.9 Å². The summed E-state index contributed by atoms with van der Waals surface area (Å²) in [6.45, 7) is 3.75. The average Bonchev–Trinajstić information content (AvgIpc) is 2.77. The maximum absolute atomic E-state index is 12.2. The third-order valence-corrected chi connectivity index (χ3v) is 5.06. The van der Waals surface area contributed by atoms with Gasteiger partial charge in [0.05, 0.1) is 11.4 Å². The minimum atomic E-state index is -3.57. The van der Waals surface area contributed by atoms with Crippen molar-refractivity contribution >= 4 is 26.0 Å². The van der Waals surface area contributed by atoms with Crippen molar-refractivity contribution in [2.24, 2.45) is 0 Å². The molecule has 6 nitrogen and oxygen atoms in total. The van der Waals surface area contributed by atoms with Crippen LogP contribution < -0.4 is 9.46 Å². The predicted molar refractivity (Wildman–Crippen MR) is 82.9 cm³/mol. The average molecular weight is 374 g/mol. The predicted octanol–water partition coefficient (Wildman–Crippen LogP) is 2.15. The van der Waals surface area contributed by atoms with E-state index >= 15 is 0 Å². The second-order valence-corrected chi connectivity index (χ2v) is 7.08. The molecule has 2 aromatic rings. The van der Waals surface area contributed by atoms with Crippen LogP contribution in [0, 0.1) is 13.8 Å². The van der Waals surface area contributed by atoms with E-state index in [0.29, 0.717) is 17.1 Å². The Bertz CT molecular complexity index is 691. The van der Waals surface area contributed by atoms with Gasteiger partial charge in [0.1, 0.15) is 17.3 Å². The molecule has 0 fully saturated rings. The summed E-state index contributed by atoms with van der Waals surface area (Å²) >= 11 is 3.33. The van der Waals surface area contributed by atoms with Gasteiger partial charge in [0.15, 0.2) is 0 Å². The molecular formula is C13H16BrN3O3S. The zero-order chi connectivity index (χ0) is 15.5. The van der Waals surface area contributed by atoms with Crippen molar-refractivity contribution in [3.63, 3.8) is 0 Å². The zero-order valence-corrected chi connectivity index (χ0v) is 14.1. The molecule has 0 spiro atoms. The van der Waals surface area contributed by atoms with E-state index in [1.165, 1.54) is 0 Å². The fourth-order valence-corrected chi connectivity index (χ4v) is 3.53. The smallest absolute Gasteiger partial charge is 0.244 e. The van der Waals surface area contributed by atoms with Gasteiger partial charge in [-0.2, -0.15) is 5.10 Å². The van der Waals surface area contributed by atoms with Crippen LogP contribution >= 0.6 is 15.9 Å². The van der Waals surface area contributed by atoms with Crippen LogP contribution in [-0.4, -0.2) is 31.8 Å². The standard InChI is InChI=1S/C13H16BrN3O3S/c1-9-13(10(2)17-16-9)21(18,19)15-7-8-20-12-5-3-11(14)4-6-12/h3-6,15H,7-8H2,1-2H3,(H,16,17). The number of H-pyrrole nitrogens is 1. The second kappa shape index (κ2) is 6.59. The van der Waals surface area contributed by atoms with E-state index in [0.717, 1.165) is 4.47 Å². The topological polar surface area (TPSA) is 84.1 Å². The van der Waals surface area contributed by atoms with Crippen molar-refractivity contribution in [2.45, 2.75) is 18.7 Å². The molecule has 2 N–H and O–H groups in total. The van der Waals surface area contributed by atoms with Crippen LogP contribution in [0.15, 0.2) is 33.6 Å². The fraction of sp³-hybridized carbons (Fsp3) is 0.308. The van der Waals surface area contributed by atoms with Crippen LogP contribution in [0.4, 0.5) is 0 Å². The maximum Gasteiger partial charge on any atom is 0.244 e. The lowest BCUT2D eigenvalue weighted by Crippen LogP contribution is -2.29. The molecule has 1 heterocycles. The van der Waals surface area contributed by atoms with Gasteiger partial charge in [-0.05, 0) is 38.1 Å². The van der Waals surface area contributed by atoms with Crippen LogP contribution in [0.3, 0.4) is 0 Å². The lowest BCUT2D eigenvalue weighted by atomic mass is 10.3. The molecule has 114 valence electrons. The molecule has 0 atom stereocenters. The molecule has 8 heteroatoms. The Labute approximate surface area is 132 Å². The van der Waals surface area contributed by atoms with Gasteiger partial charge in [-0.25, -0.2) is 13.1 Å². The number of benzene rings is 1. The van der Waals surface area contributed by atoms with E-state index in [1.54, 1.807) is 13.8 Å². The van der Waals surface area contributed by atoms with E-state index in [-0.39, 0.29) is 18.0 Å². The molecule has 0 radical (unpaired) electrons. The summed E-state index contributed by atoms with van der Waals surface area (Å²) in [5, 5.41) is 6.55. The second-order valence-electron chi connectivity index (χ2n) is 4.46. The summed E-state index contributed by atoms with van der Waals surface area (Å²) in [6.07, 6.45) is 0. The number of sulfonamides is 1. The highest BCUT2D eigenvalue weighted by Gasteiger charge is 2.21. The Morgan fingerprint density at radius 2 is 1.95 bits per heavy atom. The quantitative estimate of drug-likeness (QED) is 0.759. The lowest BCUT2D eigenvalue weighted by molar-refractivity contribution is 0.323. The van der Waals surface area contributed by atoms with Gasteiger partial charge < -0.3 is 4.74 Å². The Balaban J connectivity index is 1.90. The van der Waals surface area contributed by atoms with Gasteiger partial charge in [0.2, 0.25) is 10.0 Å². The molecule has 0 saturated carbocycles.